The van der Waals surface area contributed by atoms with Gasteiger partial charge in [0.2, 0.25) is 0 Å². The van der Waals surface area contributed by atoms with Crippen molar-refractivity contribution in [2.45, 2.75) is 31.4 Å². The van der Waals surface area contributed by atoms with Crippen LogP contribution in [0.4, 0.5) is 17.3 Å². The minimum Gasteiger partial charge on any atom is -0.418 e. The Labute approximate surface area is 120 Å². The summed E-state index contributed by atoms with van der Waals surface area (Å²) in [5, 5.41) is -0.971. The Morgan fingerprint density at radius 3 is 2.33 bits per heavy atom. The highest BCUT2D eigenvalue weighted by Crippen LogP contribution is 2.24. The number of halogens is 4. The molecular weight excluding hydrogens is 315 g/mol. The van der Waals surface area contributed by atoms with E-state index in [1.165, 1.54) is 12.3 Å². The summed E-state index contributed by atoms with van der Waals surface area (Å²) in [6.45, 7) is 5.50. The maximum Gasteiger partial charge on any atom is 0.673 e. The number of H-pyrrole nitrogens is 1. The molecule has 0 saturated carbocycles. The first kappa shape index (κ1) is 19.6. The maximum absolute atomic E-state index is 11.2. The molecule has 0 spiro atoms. The predicted molar refractivity (Wildman–Crippen MR) is 72.7 cm³/mol. The van der Waals surface area contributed by atoms with E-state index in [-0.39, 0.29) is 5.82 Å². The average molecular weight is 331 g/mol. The summed E-state index contributed by atoms with van der Waals surface area (Å²) in [5.74, 6) is 0.269. The van der Waals surface area contributed by atoms with Crippen molar-refractivity contribution in [3.05, 3.63) is 24.3 Å². The van der Waals surface area contributed by atoms with Gasteiger partial charge in [0.15, 0.2) is 0 Å². The number of rotatable bonds is 6. The summed E-state index contributed by atoms with van der Waals surface area (Å²) in [6.07, 6.45) is 4.97. The van der Waals surface area contributed by atoms with Gasteiger partial charge in [-0.05, 0) is 12.5 Å². The lowest BCUT2D eigenvalue weighted by atomic mass is 10.2. The molecule has 0 saturated heterocycles. The van der Waals surface area contributed by atoms with Crippen molar-refractivity contribution in [2.75, 3.05) is 0 Å². The van der Waals surface area contributed by atoms with Crippen molar-refractivity contribution in [3.8, 4) is 0 Å². The Hall–Kier alpha value is -1.36. The zero-order valence-electron chi connectivity index (χ0n) is 11.3. The molecule has 1 rings (SSSR count). The normalized spacial score (nSPS) is 13.2. The number of aromatic amines is 1. The topological polar surface area (TPSA) is 83.1 Å². The van der Waals surface area contributed by atoms with E-state index < -0.39 is 22.6 Å². The van der Waals surface area contributed by atoms with Gasteiger partial charge in [0, 0.05) is 0 Å². The quantitative estimate of drug-likeness (QED) is 0.475. The molecule has 21 heavy (non-hydrogen) atoms. The standard InChI is InChI=1S/C10H16N2O3S.BF4/c1-3-5-6-9(16(13,14)15)10-11-7-8(4-2)12-10;2-1(3,4)5/h4,7,9H,2-3,5-6H2,1H3,(H,11,12)(H,13,14,15);/q;-1. The van der Waals surface area contributed by atoms with Crippen molar-refractivity contribution in [2.24, 2.45) is 0 Å². The fourth-order valence-corrected chi connectivity index (χ4v) is 2.30. The van der Waals surface area contributed by atoms with Crippen LogP contribution in [-0.2, 0) is 10.1 Å². The van der Waals surface area contributed by atoms with Gasteiger partial charge in [0.05, 0.1) is 11.9 Å². The monoisotopic (exact) mass is 331 g/mol. The van der Waals surface area contributed by atoms with Crippen LogP contribution >= 0.6 is 0 Å². The van der Waals surface area contributed by atoms with E-state index >= 15 is 0 Å². The van der Waals surface area contributed by atoms with Gasteiger partial charge in [0.25, 0.3) is 10.1 Å². The number of nitrogens with zero attached hydrogens (tertiary/aromatic N) is 1. The minimum absolute atomic E-state index is 0.269. The van der Waals surface area contributed by atoms with Crippen LogP contribution in [0.5, 0.6) is 0 Å². The van der Waals surface area contributed by atoms with Gasteiger partial charge in [-0.2, -0.15) is 8.42 Å². The zero-order chi connectivity index (χ0) is 16.7. The van der Waals surface area contributed by atoms with Crippen LogP contribution in [0.15, 0.2) is 12.8 Å². The second-order valence-corrected chi connectivity index (χ2v) is 5.67. The number of nitrogens with one attached hydrogen (secondary N) is 1. The lowest BCUT2D eigenvalue weighted by molar-refractivity contribution is 0.368. The Morgan fingerprint density at radius 2 is 2.00 bits per heavy atom. The van der Waals surface area contributed by atoms with E-state index in [9.17, 15) is 25.7 Å². The molecule has 1 heterocycles. The third kappa shape index (κ3) is 9.24. The van der Waals surface area contributed by atoms with Crippen LogP contribution in [0.3, 0.4) is 0 Å². The molecule has 5 nitrogen and oxygen atoms in total. The van der Waals surface area contributed by atoms with Crippen LogP contribution in [0.25, 0.3) is 6.08 Å². The molecule has 1 aromatic rings. The Balaban J connectivity index is 0.000000690. The second kappa shape index (κ2) is 8.18. The van der Waals surface area contributed by atoms with Crippen LogP contribution in [-0.4, -0.2) is 30.2 Å². The Kier molecular flexibility index (Phi) is 7.65. The number of hydrogen-bond acceptors (Lipinski definition) is 3. The molecule has 0 aliphatic carbocycles. The van der Waals surface area contributed by atoms with E-state index in [4.69, 9.17) is 4.55 Å². The molecule has 2 N–H and O–H groups in total. The average Bonchev–Trinajstić information content (AvgIpc) is 2.74. The maximum atomic E-state index is 11.2. The highest BCUT2D eigenvalue weighted by Gasteiger charge is 2.27. The van der Waals surface area contributed by atoms with Gasteiger partial charge in [0.1, 0.15) is 11.1 Å². The highest BCUT2D eigenvalue weighted by atomic mass is 32.2. The molecule has 0 fully saturated rings. The number of aromatic nitrogens is 2. The largest absolute Gasteiger partial charge is 0.673 e. The van der Waals surface area contributed by atoms with Gasteiger partial charge < -0.3 is 22.2 Å². The van der Waals surface area contributed by atoms with E-state index in [1.807, 2.05) is 6.92 Å². The van der Waals surface area contributed by atoms with E-state index in [0.29, 0.717) is 18.5 Å². The molecule has 0 aromatic carbocycles. The smallest absolute Gasteiger partial charge is 0.418 e. The molecule has 1 atom stereocenters. The predicted octanol–water partition coefficient (Wildman–Crippen LogP) is 3.47. The molecule has 11 heteroatoms. The molecule has 1 unspecified atom stereocenters. The third-order valence-corrected chi connectivity index (χ3v) is 3.50. The van der Waals surface area contributed by atoms with E-state index in [2.05, 4.69) is 16.5 Å². The summed E-state index contributed by atoms with van der Waals surface area (Å²) in [4.78, 5) is 6.75. The third-order valence-electron chi connectivity index (χ3n) is 2.32. The molecule has 1 aromatic heterocycles. The molecule has 0 aliphatic heterocycles. The Morgan fingerprint density at radius 1 is 1.48 bits per heavy atom. The van der Waals surface area contributed by atoms with Crippen LogP contribution in [0, 0.1) is 0 Å². The Bertz CT molecular complexity index is 539. The molecule has 0 amide bonds. The lowest BCUT2D eigenvalue weighted by Crippen LogP contribution is -2.13. The summed E-state index contributed by atoms with van der Waals surface area (Å²) in [7, 11) is -10.1. The summed E-state index contributed by atoms with van der Waals surface area (Å²) in [5.41, 5.74) is 0.639. The van der Waals surface area contributed by atoms with Crippen molar-refractivity contribution in [3.63, 3.8) is 0 Å². The fraction of sp³-hybridized carbons (Fsp3) is 0.500. The number of unbranched alkanes of at least 4 members (excludes halogenated alkanes) is 1. The molecule has 0 aliphatic rings. The highest BCUT2D eigenvalue weighted by molar-refractivity contribution is 7.86. The van der Waals surface area contributed by atoms with Gasteiger partial charge in [-0.3, -0.25) is 4.55 Å². The first-order valence-corrected chi connectivity index (χ1v) is 7.50. The molecular formula is C10H16BF4N2O3S-. The summed E-state index contributed by atoms with van der Waals surface area (Å²) >= 11 is 0. The lowest BCUT2D eigenvalue weighted by Gasteiger charge is -2.10. The summed E-state index contributed by atoms with van der Waals surface area (Å²) < 4.78 is 70.5. The van der Waals surface area contributed by atoms with Crippen LogP contribution < -0.4 is 0 Å². The molecule has 122 valence electrons. The zero-order valence-corrected chi connectivity index (χ0v) is 12.1. The molecule has 0 bridgehead atoms. The number of imidazole rings is 1. The van der Waals surface area contributed by atoms with E-state index in [0.717, 1.165) is 6.42 Å². The van der Waals surface area contributed by atoms with Crippen molar-refractivity contribution < 1.29 is 30.2 Å². The fourth-order valence-electron chi connectivity index (χ4n) is 1.44. The minimum atomic E-state index is -6.00. The van der Waals surface area contributed by atoms with Gasteiger partial charge >= 0.3 is 7.25 Å². The van der Waals surface area contributed by atoms with Crippen LogP contribution in [0.2, 0.25) is 0 Å². The second-order valence-electron chi connectivity index (χ2n) is 4.07. The SMILES string of the molecule is C=Cc1cnc(C(CCCC)S(=O)(=O)O)[nH]1.F[B-](F)(F)F. The van der Waals surface area contributed by atoms with Gasteiger partial charge in [-0.15, -0.1) is 0 Å². The van der Waals surface area contributed by atoms with Crippen molar-refractivity contribution in [1.82, 2.24) is 9.97 Å². The van der Waals surface area contributed by atoms with Crippen molar-refractivity contribution in [1.29, 1.82) is 0 Å². The first-order chi connectivity index (χ1) is 9.49. The number of hydrogen-bond donors (Lipinski definition) is 2. The van der Waals surface area contributed by atoms with E-state index in [1.54, 1.807) is 0 Å². The van der Waals surface area contributed by atoms with Gasteiger partial charge in [-0.1, -0.05) is 26.3 Å². The first-order valence-electron chi connectivity index (χ1n) is 6.00. The van der Waals surface area contributed by atoms with Crippen LogP contribution in [0.1, 0.15) is 43.0 Å². The summed E-state index contributed by atoms with van der Waals surface area (Å²) in [6, 6.07) is 0. The molecule has 0 radical (unpaired) electrons. The van der Waals surface area contributed by atoms with Gasteiger partial charge in [-0.25, -0.2) is 4.98 Å². The van der Waals surface area contributed by atoms with Crippen molar-refractivity contribution >= 4 is 23.4 Å².